The Morgan fingerprint density at radius 1 is 1.40 bits per heavy atom. The van der Waals surface area contributed by atoms with Gasteiger partial charge in [0.2, 0.25) is 10.0 Å². The van der Waals surface area contributed by atoms with Crippen LogP contribution in [0.1, 0.15) is 12.0 Å². The van der Waals surface area contributed by atoms with Crippen molar-refractivity contribution in [2.45, 2.75) is 24.4 Å². The molecule has 1 aliphatic heterocycles. The number of fused-ring (bicyclic) bond motifs is 1. The molecule has 1 aromatic heterocycles. The molecule has 0 spiro atoms. The van der Waals surface area contributed by atoms with Crippen LogP contribution in [-0.4, -0.2) is 49.9 Å². The molecule has 1 saturated heterocycles. The molecule has 1 aliphatic rings. The molecule has 0 aliphatic carbocycles. The lowest BCUT2D eigenvalue weighted by molar-refractivity contribution is -0.127. The number of nitrogens with zero attached hydrogens (tertiary/aromatic N) is 2. The summed E-state index contributed by atoms with van der Waals surface area (Å²) in [6.07, 6.45) is 2.78. The number of hydrogen-bond acceptors (Lipinski definition) is 6. The van der Waals surface area contributed by atoms with Crippen LogP contribution >= 0.6 is 0 Å². The molecule has 1 unspecified atom stereocenters. The lowest BCUT2D eigenvalue weighted by Crippen LogP contribution is -2.46. The van der Waals surface area contributed by atoms with E-state index >= 15 is 0 Å². The van der Waals surface area contributed by atoms with E-state index in [4.69, 9.17) is 10.5 Å². The molecule has 2 heterocycles. The van der Waals surface area contributed by atoms with Gasteiger partial charge >= 0.3 is 0 Å². The van der Waals surface area contributed by atoms with Gasteiger partial charge in [-0.1, -0.05) is 12.1 Å². The largest absolute Gasteiger partial charge is 0.377 e. The summed E-state index contributed by atoms with van der Waals surface area (Å²) in [7, 11) is -2.40. The molecule has 25 heavy (non-hydrogen) atoms. The smallest absolute Gasteiger partial charge is 0.245 e. The van der Waals surface area contributed by atoms with E-state index in [-0.39, 0.29) is 23.8 Å². The Morgan fingerprint density at radius 2 is 2.16 bits per heavy atom. The first kappa shape index (κ1) is 17.9. The van der Waals surface area contributed by atoms with Crippen molar-refractivity contribution in [2.75, 3.05) is 20.3 Å². The van der Waals surface area contributed by atoms with Crippen LogP contribution in [0.4, 0.5) is 0 Å². The fraction of sp³-hybridized carbons (Fsp3) is 0.412. The summed E-state index contributed by atoms with van der Waals surface area (Å²) in [4.78, 5) is 16.4. The SMILES string of the molecule is COCC(=O)C1CCN(S(=O)(=O)c2cccc3cncc(C)c23)[C@H]1N. The Kier molecular flexibility index (Phi) is 4.88. The summed E-state index contributed by atoms with van der Waals surface area (Å²) < 4.78 is 32.5. The molecule has 134 valence electrons. The molecule has 0 amide bonds. The quantitative estimate of drug-likeness (QED) is 0.852. The zero-order valence-corrected chi connectivity index (χ0v) is 15.0. The Balaban J connectivity index is 2.03. The van der Waals surface area contributed by atoms with Crippen molar-refractivity contribution in [3.63, 3.8) is 0 Å². The molecule has 2 N–H and O–H groups in total. The number of nitrogens with two attached hydrogens (primary N) is 1. The van der Waals surface area contributed by atoms with E-state index in [2.05, 4.69) is 4.98 Å². The number of sulfonamides is 1. The highest BCUT2D eigenvalue weighted by Crippen LogP contribution is 2.32. The van der Waals surface area contributed by atoms with E-state index < -0.39 is 22.1 Å². The number of carbonyl (C=O) groups excluding carboxylic acids is 1. The maximum absolute atomic E-state index is 13.2. The fourth-order valence-corrected chi connectivity index (χ4v) is 5.23. The minimum Gasteiger partial charge on any atom is -0.377 e. The number of ether oxygens (including phenoxy) is 1. The summed E-state index contributed by atoms with van der Waals surface area (Å²) in [5.74, 6) is -0.724. The van der Waals surface area contributed by atoms with Crippen LogP contribution in [-0.2, 0) is 19.6 Å². The van der Waals surface area contributed by atoms with Gasteiger partial charge in [-0.3, -0.25) is 9.78 Å². The Morgan fingerprint density at radius 3 is 2.88 bits per heavy atom. The van der Waals surface area contributed by atoms with Crippen LogP contribution in [0.25, 0.3) is 10.8 Å². The normalized spacial score (nSPS) is 21.7. The third kappa shape index (κ3) is 3.06. The van der Waals surface area contributed by atoms with E-state index in [1.54, 1.807) is 24.5 Å². The number of carbonyl (C=O) groups is 1. The van der Waals surface area contributed by atoms with Gasteiger partial charge in [-0.15, -0.1) is 0 Å². The van der Waals surface area contributed by atoms with E-state index in [1.807, 2.05) is 13.0 Å². The third-order valence-corrected chi connectivity index (χ3v) is 6.57. The Hall–Kier alpha value is -1.87. The molecule has 0 saturated carbocycles. The number of methoxy groups -OCH3 is 1. The predicted molar refractivity (Wildman–Crippen MR) is 93.3 cm³/mol. The highest BCUT2D eigenvalue weighted by atomic mass is 32.2. The molecule has 2 aromatic rings. The van der Waals surface area contributed by atoms with Crippen molar-refractivity contribution in [2.24, 2.45) is 11.7 Å². The number of Topliss-reactive ketones (excluding diaryl/α,β-unsaturated/α-hetero) is 1. The number of aromatic nitrogens is 1. The summed E-state index contributed by atoms with van der Waals surface area (Å²) >= 11 is 0. The summed E-state index contributed by atoms with van der Waals surface area (Å²) in [6, 6.07) is 5.08. The summed E-state index contributed by atoms with van der Waals surface area (Å²) in [6.45, 7) is 1.97. The van der Waals surface area contributed by atoms with Gasteiger partial charge in [0.05, 0.1) is 17.0 Å². The Bertz CT molecular complexity index is 908. The second-order valence-electron chi connectivity index (χ2n) is 6.21. The van der Waals surface area contributed by atoms with E-state index in [0.717, 1.165) is 10.9 Å². The standard InChI is InChI=1S/C17H21N3O4S/c1-11-8-19-9-12-4-3-5-15(16(11)12)25(22,23)20-7-6-13(17(20)18)14(21)10-24-2/h3-5,8-9,13,17H,6-7,10,18H2,1-2H3/t13?,17-/m1/s1. The molecule has 8 heteroatoms. The molecule has 3 rings (SSSR count). The Labute approximate surface area is 146 Å². The van der Waals surface area contributed by atoms with Crippen molar-refractivity contribution in [1.82, 2.24) is 9.29 Å². The van der Waals surface area contributed by atoms with Crippen LogP contribution in [0.5, 0.6) is 0 Å². The van der Waals surface area contributed by atoms with Crippen molar-refractivity contribution < 1.29 is 17.9 Å². The topological polar surface area (TPSA) is 103 Å². The molecule has 1 fully saturated rings. The van der Waals surface area contributed by atoms with Gasteiger partial charge < -0.3 is 10.5 Å². The van der Waals surface area contributed by atoms with Crippen LogP contribution in [0, 0.1) is 12.8 Å². The number of rotatable bonds is 5. The maximum atomic E-state index is 13.2. The lowest BCUT2D eigenvalue weighted by atomic mass is 10.0. The monoisotopic (exact) mass is 363 g/mol. The first-order valence-corrected chi connectivity index (χ1v) is 9.44. The van der Waals surface area contributed by atoms with Gasteiger partial charge in [0.25, 0.3) is 0 Å². The average molecular weight is 363 g/mol. The number of pyridine rings is 1. The van der Waals surface area contributed by atoms with Crippen molar-refractivity contribution in [1.29, 1.82) is 0 Å². The first-order valence-electron chi connectivity index (χ1n) is 8.00. The van der Waals surface area contributed by atoms with Gasteiger partial charge in [-0.2, -0.15) is 4.31 Å². The number of aryl methyl sites for hydroxylation is 1. The minimum atomic E-state index is -3.83. The van der Waals surface area contributed by atoms with Crippen LogP contribution < -0.4 is 5.73 Å². The fourth-order valence-electron chi connectivity index (χ4n) is 3.38. The van der Waals surface area contributed by atoms with Gasteiger partial charge in [0, 0.05) is 36.8 Å². The molecular formula is C17H21N3O4S. The molecule has 0 radical (unpaired) electrons. The highest BCUT2D eigenvalue weighted by Gasteiger charge is 2.42. The molecule has 7 nitrogen and oxygen atoms in total. The number of ketones is 1. The third-order valence-electron chi connectivity index (χ3n) is 4.63. The van der Waals surface area contributed by atoms with E-state index in [1.165, 1.54) is 11.4 Å². The first-order chi connectivity index (χ1) is 11.9. The van der Waals surface area contributed by atoms with Crippen LogP contribution in [0.2, 0.25) is 0 Å². The minimum absolute atomic E-state index is 0.0642. The van der Waals surface area contributed by atoms with E-state index in [0.29, 0.717) is 11.8 Å². The second-order valence-corrected chi connectivity index (χ2v) is 8.07. The molecule has 2 atom stereocenters. The zero-order valence-electron chi connectivity index (χ0n) is 14.2. The predicted octanol–water partition coefficient (Wildman–Crippen LogP) is 1.05. The summed E-state index contributed by atoms with van der Waals surface area (Å²) in [5, 5.41) is 1.39. The maximum Gasteiger partial charge on any atom is 0.245 e. The molecular weight excluding hydrogens is 342 g/mol. The number of benzene rings is 1. The summed E-state index contributed by atoms with van der Waals surface area (Å²) in [5.41, 5.74) is 6.89. The second kappa shape index (κ2) is 6.80. The van der Waals surface area contributed by atoms with Crippen molar-refractivity contribution in [3.8, 4) is 0 Å². The van der Waals surface area contributed by atoms with Gasteiger partial charge in [-0.25, -0.2) is 8.42 Å². The van der Waals surface area contributed by atoms with Crippen molar-refractivity contribution >= 4 is 26.6 Å². The van der Waals surface area contributed by atoms with Crippen LogP contribution in [0.3, 0.4) is 0 Å². The zero-order chi connectivity index (χ0) is 18.2. The van der Waals surface area contributed by atoms with Gasteiger partial charge in [-0.05, 0) is 25.0 Å². The van der Waals surface area contributed by atoms with E-state index in [9.17, 15) is 13.2 Å². The van der Waals surface area contributed by atoms with Crippen molar-refractivity contribution in [3.05, 3.63) is 36.2 Å². The molecule has 1 aromatic carbocycles. The number of hydrogen-bond donors (Lipinski definition) is 1. The lowest BCUT2D eigenvalue weighted by Gasteiger charge is -2.24. The highest BCUT2D eigenvalue weighted by molar-refractivity contribution is 7.89. The van der Waals surface area contributed by atoms with Crippen LogP contribution in [0.15, 0.2) is 35.5 Å². The molecule has 0 bridgehead atoms. The van der Waals surface area contributed by atoms with Gasteiger partial charge in [0.15, 0.2) is 5.78 Å². The van der Waals surface area contributed by atoms with Gasteiger partial charge in [0.1, 0.15) is 6.61 Å². The average Bonchev–Trinajstić information content (AvgIpc) is 2.97.